The molecule has 2 aliphatic rings. The summed E-state index contributed by atoms with van der Waals surface area (Å²) in [5, 5.41) is 6.83. The van der Waals surface area contributed by atoms with Crippen LogP contribution in [0, 0.1) is 5.82 Å². The van der Waals surface area contributed by atoms with Crippen LogP contribution in [-0.2, 0) is 18.3 Å². The summed E-state index contributed by atoms with van der Waals surface area (Å²) in [5.41, 5.74) is 3.94. The first-order chi connectivity index (χ1) is 13.2. The van der Waals surface area contributed by atoms with E-state index in [0.29, 0.717) is 0 Å². The van der Waals surface area contributed by atoms with Crippen molar-refractivity contribution in [3.8, 4) is 5.75 Å². The molecule has 1 fully saturated rings. The molecule has 0 unspecified atom stereocenters. The summed E-state index contributed by atoms with van der Waals surface area (Å²) in [6.07, 6.45) is 4.20. The van der Waals surface area contributed by atoms with E-state index in [2.05, 4.69) is 33.8 Å². The average Bonchev–Trinajstić information content (AvgIpc) is 3.33. The minimum atomic E-state index is -0.182. The lowest BCUT2D eigenvalue weighted by Gasteiger charge is -2.19. The summed E-state index contributed by atoms with van der Waals surface area (Å²) in [4.78, 5) is 4.33. The second-order valence-electron chi connectivity index (χ2n) is 7.43. The highest BCUT2D eigenvalue weighted by Gasteiger charge is 2.44. The van der Waals surface area contributed by atoms with Crippen LogP contribution in [0.1, 0.15) is 29.5 Å². The number of hydrogen-bond donors (Lipinski definition) is 2. The molecule has 2 N–H and O–H groups in total. The van der Waals surface area contributed by atoms with Crippen LogP contribution in [0.25, 0.3) is 0 Å². The predicted molar refractivity (Wildman–Crippen MR) is 106 cm³/mol. The molecule has 1 saturated carbocycles. The van der Waals surface area contributed by atoms with Crippen molar-refractivity contribution < 1.29 is 9.13 Å². The number of rotatable bonds is 6. The van der Waals surface area contributed by atoms with Gasteiger partial charge in [-0.2, -0.15) is 0 Å². The van der Waals surface area contributed by atoms with Crippen molar-refractivity contribution in [3.05, 3.63) is 65.0 Å². The SMILES string of the molecule is CN=C(NCCc1ccc2c(c1)CCO2)NCC1(c2ccc(F)cc2)CC1. The molecule has 0 atom stereocenters. The lowest BCUT2D eigenvalue weighted by Crippen LogP contribution is -2.41. The van der Waals surface area contributed by atoms with Gasteiger partial charge in [-0.05, 0) is 54.2 Å². The summed E-state index contributed by atoms with van der Waals surface area (Å²) in [6.45, 7) is 2.43. The van der Waals surface area contributed by atoms with Crippen LogP contribution >= 0.6 is 0 Å². The zero-order chi connectivity index (χ0) is 18.7. The smallest absolute Gasteiger partial charge is 0.191 e. The Morgan fingerprint density at radius 2 is 1.96 bits per heavy atom. The molecule has 0 radical (unpaired) electrons. The summed E-state index contributed by atoms with van der Waals surface area (Å²) in [7, 11) is 1.79. The van der Waals surface area contributed by atoms with Gasteiger partial charge in [0.25, 0.3) is 0 Å². The lowest BCUT2D eigenvalue weighted by molar-refractivity contribution is 0.357. The summed E-state index contributed by atoms with van der Waals surface area (Å²) in [5.74, 6) is 1.66. The molecule has 0 spiro atoms. The lowest BCUT2D eigenvalue weighted by atomic mass is 9.96. The first-order valence-electron chi connectivity index (χ1n) is 9.64. The van der Waals surface area contributed by atoms with Crippen molar-refractivity contribution in [1.29, 1.82) is 0 Å². The number of halogens is 1. The van der Waals surface area contributed by atoms with Crippen LogP contribution in [0.15, 0.2) is 47.5 Å². The van der Waals surface area contributed by atoms with Gasteiger partial charge >= 0.3 is 0 Å². The third-order valence-corrected chi connectivity index (χ3v) is 5.59. The van der Waals surface area contributed by atoms with Gasteiger partial charge in [0.05, 0.1) is 6.61 Å². The largest absolute Gasteiger partial charge is 0.493 e. The van der Waals surface area contributed by atoms with E-state index in [1.807, 2.05) is 12.1 Å². The Morgan fingerprint density at radius 1 is 1.15 bits per heavy atom. The van der Waals surface area contributed by atoms with Crippen LogP contribution in [0.4, 0.5) is 4.39 Å². The van der Waals surface area contributed by atoms with Crippen LogP contribution < -0.4 is 15.4 Å². The standard InChI is InChI=1S/C22H26FN3O/c1-24-21(25-12-8-16-2-7-20-17(14-16)9-13-27-20)26-15-22(10-11-22)18-3-5-19(23)6-4-18/h2-7,14H,8-13,15H2,1H3,(H2,24,25,26). The van der Waals surface area contributed by atoms with Crippen LogP contribution in [0.5, 0.6) is 5.75 Å². The molecule has 4 nitrogen and oxygen atoms in total. The number of benzene rings is 2. The number of aliphatic imine (C=N–C) groups is 1. The Kier molecular flexibility index (Phi) is 5.01. The average molecular weight is 367 g/mol. The fraction of sp³-hybridized carbons (Fsp3) is 0.409. The van der Waals surface area contributed by atoms with E-state index in [-0.39, 0.29) is 11.2 Å². The van der Waals surface area contributed by atoms with Gasteiger partial charge in [0.1, 0.15) is 11.6 Å². The van der Waals surface area contributed by atoms with E-state index in [4.69, 9.17) is 4.74 Å². The van der Waals surface area contributed by atoms with E-state index in [9.17, 15) is 4.39 Å². The number of nitrogens with zero attached hydrogens (tertiary/aromatic N) is 1. The molecule has 1 heterocycles. The number of hydrogen-bond acceptors (Lipinski definition) is 2. The highest BCUT2D eigenvalue weighted by atomic mass is 19.1. The van der Waals surface area contributed by atoms with Crippen LogP contribution in [-0.4, -0.2) is 32.7 Å². The highest BCUT2D eigenvalue weighted by molar-refractivity contribution is 5.79. The second-order valence-corrected chi connectivity index (χ2v) is 7.43. The Bertz CT molecular complexity index is 828. The van der Waals surface area contributed by atoms with Crippen molar-refractivity contribution in [2.75, 3.05) is 26.7 Å². The molecule has 4 rings (SSSR count). The number of fused-ring (bicyclic) bond motifs is 1. The molecular weight excluding hydrogens is 341 g/mol. The molecule has 1 aliphatic heterocycles. The van der Waals surface area contributed by atoms with Crippen molar-refractivity contribution in [2.45, 2.75) is 31.1 Å². The molecule has 5 heteroatoms. The van der Waals surface area contributed by atoms with Gasteiger partial charge in [0, 0.05) is 32.0 Å². The fourth-order valence-corrected chi connectivity index (χ4v) is 3.72. The van der Waals surface area contributed by atoms with Crippen molar-refractivity contribution >= 4 is 5.96 Å². The molecule has 1 aliphatic carbocycles. The molecule has 2 aromatic rings. The molecule has 142 valence electrons. The van der Waals surface area contributed by atoms with Crippen LogP contribution in [0.2, 0.25) is 0 Å². The van der Waals surface area contributed by atoms with Gasteiger partial charge < -0.3 is 15.4 Å². The molecular formula is C22H26FN3O. The minimum Gasteiger partial charge on any atom is -0.493 e. The zero-order valence-electron chi connectivity index (χ0n) is 15.7. The Hall–Kier alpha value is -2.56. The van der Waals surface area contributed by atoms with Gasteiger partial charge in [0.15, 0.2) is 5.96 Å². The van der Waals surface area contributed by atoms with E-state index < -0.39 is 0 Å². The first-order valence-corrected chi connectivity index (χ1v) is 9.64. The minimum absolute atomic E-state index is 0.116. The maximum absolute atomic E-state index is 13.2. The third-order valence-electron chi connectivity index (χ3n) is 5.59. The maximum Gasteiger partial charge on any atom is 0.191 e. The number of nitrogens with one attached hydrogen (secondary N) is 2. The molecule has 0 aromatic heterocycles. The summed E-state index contributed by atoms with van der Waals surface area (Å²) < 4.78 is 18.7. The summed E-state index contributed by atoms with van der Waals surface area (Å²) in [6, 6.07) is 13.3. The van der Waals surface area contributed by atoms with Crippen molar-refractivity contribution in [1.82, 2.24) is 10.6 Å². The topological polar surface area (TPSA) is 45.7 Å². The Morgan fingerprint density at radius 3 is 2.70 bits per heavy atom. The molecule has 0 saturated heterocycles. The quantitative estimate of drug-likeness (QED) is 0.609. The van der Waals surface area contributed by atoms with E-state index in [1.165, 1.54) is 16.7 Å². The highest BCUT2D eigenvalue weighted by Crippen LogP contribution is 2.47. The van der Waals surface area contributed by atoms with Gasteiger partial charge in [-0.15, -0.1) is 0 Å². The third kappa shape index (κ3) is 4.07. The van der Waals surface area contributed by atoms with Crippen molar-refractivity contribution in [3.63, 3.8) is 0 Å². The van der Waals surface area contributed by atoms with Gasteiger partial charge in [0.2, 0.25) is 0 Å². The first kappa shape index (κ1) is 17.8. The van der Waals surface area contributed by atoms with E-state index >= 15 is 0 Å². The van der Waals surface area contributed by atoms with Crippen molar-refractivity contribution in [2.24, 2.45) is 4.99 Å². The van der Waals surface area contributed by atoms with Crippen LogP contribution in [0.3, 0.4) is 0 Å². The van der Waals surface area contributed by atoms with E-state index in [0.717, 1.165) is 57.1 Å². The van der Waals surface area contributed by atoms with Gasteiger partial charge in [-0.3, -0.25) is 4.99 Å². The number of guanidine groups is 1. The molecule has 0 bridgehead atoms. The van der Waals surface area contributed by atoms with Gasteiger partial charge in [-0.25, -0.2) is 4.39 Å². The van der Waals surface area contributed by atoms with Gasteiger partial charge in [-0.1, -0.05) is 24.3 Å². The second kappa shape index (κ2) is 7.59. The fourth-order valence-electron chi connectivity index (χ4n) is 3.72. The monoisotopic (exact) mass is 367 g/mol. The van der Waals surface area contributed by atoms with E-state index in [1.54, 1.807) is 19.2 Å². The Balaban J connectivity index is 1.27. The number of ether oxygens (including phenoxy) is 1. The normalized spacial score (nSPS) is 17.2. The molecule has 27 heavy (non-hydrogen) atoms. The molecule has 2 aromatic carbocycles. The zero-order valence-corrected chi connectivity index (χ0v) is 15.7. The Labute approximate surface area is 159 Å². The molecule has 0 amide bonds. The predicted octanol–water partition coefficient (Wildman–Crippen LogP) is 3.20. The summed E-state index contributed by atoms with van der Waals surface area (Å²) >= 11 is 0. The maximum atomic E-state index is 13.2.